The van der Waals surface area contributed by atoms with Crippen molar-refractivity contribution < 1.29 is 18.7 Å². The normalized spacial score (nSPS) is 25.4. The fourth-order valence-corrected chi connectivity index (χ4v) is 4.07. The van der Waals surface area contributed by atoms with Crippen LogP contribution in [-0.4, -0.2) is 47.2 Å². The van der Waals surface area contributed by atoms with Crippen LogP contribution in [0.25, 0.3) is 6.08 Å². The maximum atomic E-state index is 13.7. The summed E-state index contributed by atoms with van der Waals surface area (Å²) in [5.41, 5.74) is -0.400. The molecule has 1 amide bonds. The molecule has 2 aliphatic rings. The van der Waals surface area contributed by atoms with Crippen LogP contribution in [0.15, 0.2) is 41.9 Å². The molecule has 2 atom stereocenters. The van der Waals surface area contributed by atoms with Crippen molar-refractivity contribution in [2.24, 2.45) is 0 Å². The van der Waals surface area contributed by atoms with Gasteiger partial charge in [0.1, 0.15) is 6.10 Å². The molecule has 4 heterocycles. The van der Waals surface area contributed by atoms with Crippen LogP contribution in [0, 0.1) is 5.82 Å². The van der Waals surface area contributed by atoms with Crippen LogP contribution in [0.2, 0.25) is 0 Å². The molecule has 7 heteroatoms. The molecule has 0 bridgehead atoms. The number of hydrogen-bond acceptors (Lipinski definition) is 5. The SMILES string of the molecule is O=C(/C=C/c1cccs1)N1CC[C@]2(C[C@@H](Oc3ncccc3F)CO2)C1. The van der Waals surface area contributed by atoms with Gasteiger partial charge in [0.25, 0.3) is 5.88 Å². The number of ether oxygens (including phenoxy) is 2. The van der Waals surface area contributed by atoms with Gasteiger partial charge in [-0.05, 0) is 36.1 Å². The highest BCUT2D eigenvalue weighted by molar-refractivity contribution is 7.10. The molecule has 0 radical (unpaired) electrons. The Balaban J connectivity index is 1.34. The second kappa shape index (κ2) is 7.17. The van der Waals surface area contributed by atoms with Gasteiger partial charge in [-0.3, -0.25) is 4.79 Å². The molecule has 4 rings (SSSR count). The third-order valence-electron chi connectivity index (χ3n) is 4.74. The highest BCUT2D eigenvalue weighted by Gasteiger charge is 2.47. The summed E-state index contributed by atoms with van der Waals surface area (Å²) < 4.78 is 25.3. The molecule has 2 aromatic heterocycles. The smallest absolute Gasteiger partial charge is 0.250 e. The van der Waals surface area contributed by atoms with Crippen molar-refractivity contribution in [1.29, 1.82) is 0 Å². The fourth-order valence-electron chi connectivity index (χ4n) is 3.46. The quantitative estimate of drug-likeness (QED) is 0.772. The standard InChI is InChI=1S/C19H19FN2O3S/c20-16-4-1-8-21-18(16)25-14-11-19(24-12-14)7-9-22(13-19)17(23)6-5-15-3-2-10-26-15/h1-6,8,10,14H,7,9,11-13H2/b6-5+/t14-,19+/m1/s1. The van der Waals surface area contributed by atoms with Gasteiger partial charge in [0.2, 0.25) is 5.91 Å². The molecule has 2 aliphatic heterocycles. The molecule has 1 spiro atoms. The molecule has 136 valence electrons. The summed E-state index contributed by atoms with van der Waals surface area (Å²) >= 11 is 1.59. The monoisotopic (exact) mass is 374 g/mol. The highest BCUT2D eigenvalue weighted by atomic mass is 32.1. The van der Waals surface area contributed by atoms with Gasteiger partial charge in [0.15, 0.2) is 5.82 Å². The number of nitrogens with zero attached hydrogens (tertiary/aromatic N) is 2. The van der Waals surface area contributed by atoms with E-state index in [2.05, 4.69) is 4.98 Å². The minimum Gasteiger partial charge on any atom is -0.470 e. The second-order valence-corrected chi connectivity index (χ2v) is 7.57. The summed E-state index contributed by atoms with van der Waals surface area (Å²) in [7, 11) is 0. The molecule has 0 aromatic carbocycles. The van der Waals surface area contributed by atoms with Crippen LogP contribution in [0.3, 0.4) is 0 Å². The lowest BCUT2D eigenvalue weighted by Gasteiger charge is -2.22. The Labute approximate surface area is 155 Å². The summed E-state index contributed by atoms with van der Waals surface area (Å²) in [4.78, 5) is 19.2. The van der Waals surface area contributed by atoms with Gasteiger partial charge in [0, 0.05) is 30.1 Å². The Hall–Kier alpha value is -2.25. The van der Waals surface area contributed by atoms with Gasteiger partial charge in [-0.15, -0.1) is 11.3 Å². The molecule has 0 N–H and O–H groups in total. The van der Waals surface area contributed by atoms with Crippen LogP contribution >= 0.6 is 11.3 Å². The van der Waals surface area contributed by atoms with Gasteiger partial charge >= 0.3 is 0 Å². The molecule has 26 heavy (non-hydrogen) atoms. The van der Waals surface area contributed by atoms with E-state index in [9.17, 15) is 9.18 Å². The zero-order chi connectivity index (χ0) is 18.0. The van der Waals surface area contributed by atoms with Crippen molar-refractivity contribution >= 4 is 23.3 Å². The molecule has 0 aliphatic carbocycles. The minimum absolute atomic E-state index is 0.00274. The van der Waals surface area contributed by atoms with Crippen LogP contribution in [0.4, 0.5) is 4.39 Å². The van der Waals surface area contributed by atoms with Gasteiger partial charge in [-0.2, -0.15) is 0 Å². The number of aromatic nitrogens is 1. The van der Waals surface area contributed by atoms with Gasteiger partial charge < -0.3 is 14.4 Å². The molecule has 0 saturated carbocycles. The topological polar surface area (TPSA) is 51.7 Å². The van der Waals surface area contributed by atoms with Crippen molar-refractivity contribution in [2.75, 3.05) is 19.7 Å². The van der Waals surface area contributed by atoms with Crippen molar-refractivity contribution in [2.45, 2.75) is 24.5 Å². The molecule has 2 fully saturated rings. The lowest BCUT2D eigenvalue weighted by Crippen LogP contribution is -2.35. The predicted molar refractivity (Wildman–Crippen MR) is 96.5 cm³/mol. The Morgan fingerprint density at radius 2 is 2.38 bits per heavy atom. The van der Waals surface area contributed by atoms with Crippen molar-refractivity contribution in [3.05, 3.63) is 52.6 Å². The predicted octanol–water partition coefficient (Wildman–Crippen LogP) is 3.13. The van der Waals surface area contributed by atoms with Gasteiger partial charge in [-0.25, -0.2) is 9.37 Å². The van der Waals surface area contributed by atoms with E-state index in [1.165, 1.54) is 18.3 Å². The zero-order valence-electron chi connectivity index (χ0n) is 14.1. The molecule has 5 nitrogen and oxygen atoms in total. The van der Waals surface area contributed by atoms with E-state index >= 15 is 0 Å². The number of carbonyl (C=O) groups is 1. The largest absolute Gasteiger partial charge is 0.470 e. The fraction of sp³-hybridized carbons (Fsp3) is 0.368. The number of amides is 1. The van der Waals surface area contributed by atoms with E-state index in [1.807, 2.05) is 23.6 Å². The summed E-state index contributed by atoms with van der Waals surface area (Å²) in [5.74, 6) is -0.489. The average Bonchev–Trinajstić information content (AvgIpc) is 3.38. The number of rotatable bonds is 4. The molecule has 2 saturated heterocycles. The van der Waals surface area contributed by atoms with Gasteiger partial charge in [0.05, 0.1) is 18.8 Å². The molecule has 0 unspecified atom stereocenters. The average molecular weight is 374 g/mol. The van der Waals surface area contributed by atoms with Crippen LogP contribution in [0.5, 0.6) is 5.88 Å². The third-order valence-corrected chi connectivity index (χ3v) is 5.58. The zero-order valence-corrected chi connectivity index (χ0v) is 15.0. The maximum Gasteiger partial charge on any atom is 0.250 e. The van der Waals surface area contributed by atoms with Gasteiger partial charge in [-0.1, -0.05) is 6.07 Å². The van der Waals surface area contributed by atoms with Crippen LogP contribution in [0.1, 0.15) is 17.7 Å². The second-order valence-electron chi connectivity index (χ2n) is 6.59. The molecule has 2 aromatic rings. The third kappa shape index (κ3) is 3.64. The number of thiophene rings is 1. The molecular formula is C19H19FN2O3S. The Morgan fingerprint density at radius 3 is 3.19 bits per heavy atom. The number of carbonyl (C=O) groups excluding carboxylic acids is 1. The number of halogens is 1. The Bertz CT molecular complexity index is 811. The molecular weight excluding hydrogens is 355 g/mol. The maximum absolute atomic E-state index is 13.7. The first kappa shape index (κ1) is 17.2. The number of likely N-dealkylation sites (tertiary alicyclic amines) is 1. The first-order valence-corrected chi connectivity index (χ1v) is 9.43. The first-order chi connectivity index (χ1) is 12.6. The van der Waals surface area contributed by atoms with Crippen LogP contribution < -0.4 is 4.74 Å². The van der Waals surface area contributed by atoms with Crippen molar-refractivity contribution in [3.63, 3.8) is 0 Å². The van der Waals surface area contributed by atoms with Crippen LogP contribution in [-0.2, 0) is 9.53 Å². The Kier molecular flexibility index (Phi) is 4.74. The highest BCUT2D eigenvalue weighted by Crippen LogP contribution is 2.36. The van der Waals surface area contributed by atoms with E-state index in [0.717, 1.165) is 11.3 Å². The van der Waals surface area contributed by atoms with E-state index in [0.29, 0.717) is 26.1 Å². The first-order valence-electron chi connectivity index (χ1n) is 8.55. The van der Waals surface area contributed by atoms with Crippen molar-refractivity contribution in [1.82, 2.24) is 9.88 Å². The lowest BCUT2D eigenvalue weighted by atomic mass is 9.98. The van der Waals surface area contributed by atoms with E-state index < -0.39 is 11.4 Å². The van der Waals surface area contributed by atoms with E-state index in [1.54, 1.807) is 22.3 Å². The van der Waals surface area contributed by atoms with E-state index in [-0.39, 0.29) is 17.9 Å². The number of pyridine rings is 1. The lowest BCUT2D eigenvalue weighted by molar-refractivity contribution is -0.126. The summed E-state index contributed by atoms with van der Waals surface area (Å²) in [6.07, 6.45) is 6.08. The van der Waals surface area contributed by atoms with Crippen molar-refractivity contribution in [3.8, 4) is 5.88 Å². The summed E-state index contributed by atoms with van der Waals surface area (Å²) in [5, 5.41) is 1.98. The Morgan fingerprint density at radius 1 is 1.46 bits per heavy atom. The minimum atomic E-state index is -0.476. The summed E-state index contributed by atoms with van der Waals surface area (Å²) in [6, 6.07) is 6.78. The number of hydrogen-bond donors (Lipinski definition) is 0. The van der Waals surface area contributed by atoms with E-state index in [4.69, 9.17) is 9.47 Å². The summed E-state index contributed by atoms with van der Waals surface area (Å²) in [6.45, 7) is 1.56.